The molecule has 2 rings (SSSR count). The van der Waals surface area contributed by atoms with Crippen LogP contribution in [0.15, 0.2) is 17.0 Å². The lowest BCUT2D eigenvalue weighted by atomic mass is 10.1. The van der Waals surface area contributed by atoms with E-state index in [1.165, 1.54) is 0 Å². The van der Waals surface area contributed by atoms with E-state index in [0.29, 0.717) is 11.7 Å². The molecule has 0 spiro atoms. The average molecular weight is 221 g/mol. The van der Waals surface area contributed by atoms with E-state index in [9.17, 15) is 0 Å². The predicted octanol–water partition coefficient (Wildman–Crippen LogP) is 1.13. The molecular weight excluding hydrogens is 206 g/mol. The molecule has 2 N–H and O–H groups in total. The Labute approximate surface area is 93.5 Å². The largest absolute Gasteiger partial charge is 0.337 e. The standard InChI is InChI=1S/C10H15N5O/c1-6(2)8(11)10-13-9(14-16-10)7-4-12-5-15(7)3/h4-6,8H,11H2,1-3H3/t8-/m1/s1. The summed E-state index contributed by atoms with van der Waals surface area (Å²) in [6.45, 7) is 4.03. The third-order valence-corrected chi connectivity index (χ3v) is 2.49. The summed E-state index contributed by atoms with van der Waals surface area (Å²) in [6.07, 6.45) is 3.38. The van der Waals surface area contributed by atoms with E-state index in [4.69, 9.17) is 10.3 Å². The van der Waals surface area contributed by atoms with E-state index in [1.807, 2.05) is 25.5 Å². The molecule has 6 nitrogen and oxygen atoms in total. The number of hydrogen-bond acceptors (Lipinski definition) is 5. The van der Waals surface area contributed by atoms with Crippen LogP contribution in [-0.4, -0.2) is 19.7 Å². The molecule has 16 heavy (non-hydrogen) atoms. The first-order chi connectivity index (χ1) is 7.59. The van der Waals surface area contributed by atoms with Crippen LogP contribution in [0.1, 0.15) is 25.8 Å². The maximum atomic E-state index is 5.92. The predicted molar refractivity (Wildman–Crippen MR) is 58.3 cm³/mol. The highest BCUT2D eigenvalue weighted by Gasteiger charge is 2.19. The second kappa shape index (κ2) is 4.05. The number of nitrogens with two attached hydrogens (primary N) is 1. The summed E-state index contributed by atoms with van der Waals surface area (Å²) in [5, 5.41) is 3.90. The van der Waals surface area contributed by atoms with E-state index in [2.05, 4.69) is 15.1 Å². The van der Waals surface area contributed by atoms with Gasteiger partial charge in [0.2, 0.25) is 11.7 Å². The Morgan fingerprint density at radius 3 is 2.75 bits per heavy atom. The minimum atomic E-state index is -0.227. The summed E-state index contributed by atoms with van der Waals surface area (Å²) in [6, 6.07) is -0.227. The highest BCUT2D eigenvalue weighted by atomic mass is 16.5. The molecule has 1 atom stereocenters. The zero-order valence-electron chi connectivity index (χ0n) is 9.58. The maximum Gasteiger partial charge on any atom is 0.244 e. The third kappa shape index (κ3) is 1.83. The summed E-state index contributed by atoms with van der Waals surface area (Å²) in [5.41, 5.74) is 6.73. The summed E-state index contributed by atoms with van der Waals surface area (Å²) in [5.74, 6) is 1.25. The van der Waals surface area contributed by atoms with Crippen molar-refractivity contribution in [2.45, 2.75) is 19.9 Å². The smallest absolute Gasteiger partial charge is 0.244 e. The van der Waals surface area contributed by atoms with Crippen LogP contribution in [0.2, 0.25) is 0 Å². The second-order valence-electron chi connectivity index (χ2n) is 4.12. The molecule has 0 amide bonds. The number of imidazole rings is 1. The Hall–Kier alpha value is -1.69. The molecule has 0 aromatic carbocycles. The lowest BCUT2D eigenvalue weighted by Crippen LogP contribution is -2.16. The molecule has 0 unspecified atom stereocenters. The highest BCUT2D eigenvalue weighted by molar-refractivity contribution is 5.47. The molecular formula is C10H15N5O. The van der Waals surface area contributed by atoms with Crippen LogP contribution < -0.4 is 5.73 Å². The minimum Gasteiger partial charge on any atom is -0.337 e. The fourth-order valence-corrected chi connectivity index (χ4v) is 1.33. The van der Waals surface area contributed by atoms with E-state index >= 15 is 0 Å². The van der Waals surface area contributed by atoms with Crippen molar-refractivity contribution in [3.8, 4) is 11.5 Å². The molecule has 2 aromatic heterocycles. The monoisotopic (exact) mass is 221 g/mol. The number of nitrogens with zero attached hydrogens (tertiary/aromatic N) is 4. The first-order valence-electron chi connectivity index (χ1n) is 5.15. The van der Waals surface area contributed by atoms with Crippen LogP contribution in [0.5, 0.6) is 0 Å². The molecule has 0 fully saturated rings. The van der Waals surface area contributed by atoms with Gasteiger partial charge in [-0.05, 0) is 5.92 Å². The quantitative estimate of drug-likeness (QED) is 0.839. The molecule has 6 heteroatoms. The topological polar surface area (TPSA) is 82.8 Å². The Kier molecular flexibility index (Phi) is 2.74. The van der Waals surface area contributed by atoms with Gasteiger partial charge >= 0.3 is 0 Å². The van der Waals surface area contributed by atoms with E-state index in [0.717, 1.165) is 5.69 Å². The molecule has 0 aliphatic carbocycles. The zero-order valence-corrected chi connectivity index (χ0v) is 9.58. The molecule has 86 valence electrons. The number of hydrogen-bond donors (Lipinski definition) is 1. The number of aryl methyl sites for hydroxylation is 1. The first kappa shape index (κ1) is 10.8. The molecule has 0 bridgehead atoms. The normalized spacial score (nSPS) is 13.3. The van der Waals surface area contributed by atoms with Gasteiger partial charge in [-0.3, -0.25) is 0 Å². The van der Waals surface area contributed by atoms with Crippen molar-refractivity contribution in [2.24, 2.45) is 18.7 Å². The average Bonchev–Trinajstić information content (AvgIpc) is 2.84. The lowest BCUT2D eigenvalue weighted by molar-refractivity contribution is 0.325. The van der Waals surface area contributed by atoms with Crippen LogP contribution >= 0.6 is 0 Å². The van der Waals surface area contributed by atoms with Crippen LogP contribution in [0, 0.1) is 5.92 Å². The van der Waals surface area contributed by atoms with Gasteiger partial charge in [-0.25, -0.2) is 4.98 Å². The van der Waals surface area contributed by atoms with Gasteiger partial charge in [0.05, 0.1) is 18.6 Å². The van der Waals surface area contributed by atoms with E-state index in [1.54, 1.807) is 12.5 Å². The van der Waals surface area contributed by atoms with Gasteiger partial charge < -0.3 is 14.8 Å². The molecule has 0 aliphatic rings. The van der Waals surface area contributed by atoms with Crippen molar-refractivity contribution >= 4 is 0 Å². The van der Waals surface area contributed by atoms with E-state index < -0.39 is 0 Å². The molecule has 0 radical (unpaired) electrons. The van der Waals surface area contributed by atoms with Crippen LogP contribution in [0.25, 0.3) is 11.5 Å². The molecule has 2 aromatic rings. The maximum absolute atomic E-state index is 5.92. The second-order valence-corrected chi connectivity index (χ2v) is 4.12. The van der Waals surface area contributed by atoms with Gasteiger partial charge in [-0.15, -0.1) is 0 Å². The Balaban J connectivity index is 2.30. The Morgan fingerprint density at radius 2 is 2.19 bits per heavy atom. The van der Waals surface area contributed by atoms with Crippen molar-refractivity contribution in [1.82, 2.24) is 19.7 Å². The van der Waals surface area contributed by atoms with Gasteiger partial charge in [0.1, 0.15) is 5.69 Å². The summed E-state index contributed by atoms with van der Waals surface area (Å²) in [4.78, 5) is 8.27. The fraction of sp³-hybridized carbons (Fsp3) is 0.500. The first-order valence-corrected chi connectivity index (χ1v) is 5.15. The van der Waals surface area contributed by atoms with Crippen molar-refractivity contribution in [3.05, 3.63) is 18.4 Å². The number of aromatic nitrogens is 4. The van der Waals surface area contributed by atoms with E-state index in [-0.39, 0.29) is 12.0 Å². The number of rotatable bonds is 3. The van der Waals surface area contributed by atoms with Crippen molar-refractivity contribution < 1.29 is 4.52 Å². The van der Waals surface area contributed by atoms with Gasteiger partial charge in [-0.2, -0.15) is 4.98 Å². The summed E-state index contributed by atoms with van der Waals surface area (Å²) in [7, 11) is 1.88. The summed E-state index contributed by atoms with van der Waals surface area (Å²) < 4.78 is 6.97. The SMILES string of the molecule is CC(C)[C@@H](N)c1nc(-c2cncn2C)no1. The molecule has 0 saturated carbocycles. The van der Waals surface area contributed by atoms with Crippen molar-refractivity contribution in [3.63, 3.8) is 0 Å². The zero-order chi connectivity index (χ0) is 11.7. The molecule has 2 heterocycles. The Morgan fingerprint density at radius 1 is 1.44 bits per heavy atom. The van der Waals surface area contributed by atoms with Gasteiger partial charge in [0, 0.05) is 7.05 Å². The molecule has 0 aliphatic heterocycles. The van der Waals surface area contributed by atoms with Gasteiger partial charge in [0.25, 0.3) is 0 Å². The fourth-order valence-electron chi connectivity index (χ4n) is 1.33. The third-order valence-electron chi connectivity index (χ3n) is 2.49. The van der Waals surface area contributed by atoms with Gasteiger partial charge in [-0.1, -0.05) is 19.0 Å². The Bertz CT molecular complexity index is 473. The highest BCUT2D eigenvalue weighted by Crippen LogP contribution is 2.20. The van der Waals surface area contributed by atoms with Crippen LogP contribution in [0.4, 0.5) is 0 Å². The lowest BCUT2D eigenvalue weighted by Gasteiger charge is -2.09. The minimum absolute atomic E-state index is 0.227. The van der Waals surface area contributed by atoms with Crippen molar-refractivity contribution in [1.29, 1.82) is 0 Å². The van der Waals surface area contributed by atoms with Crippen LogP contribution in [0.3, 0.4) is 0 Å². The van der Waals surface area contributed by atoms with Crippen molar-refractivity contribution in [2.75, 3.05) is 0 Å². The molecule has 0 saturated heterocycles. The van der Waals surface area contributed by atoms with Gasteiger partial charge in [0.15, 0.2) is 0 Å². The van der Waals surface area contributed by atoms with Crippen LogP contribution in [-0.2, 0) is 7.05 Å². The summed E-state index contributed by atoms with van der Waals surface area (Å²) >= 11 is 0.